The molecule has 0 radical (unpaired) electrons. The number of carboxylic acid groups (broad SMARTS) is 1. The average molecular weight is 213 g/mol. The Bertz CT molecular complexity index is 147. The molecule has 1 atom stereocenters. The SMILES string of the molecule is C[N+](C)(C)CC(O)CC(=O)[O-].NCl. The minimum absolute atomic E-state index is 0.282. The van der Waals surface area contributed by atoms with Gasteiger partial charge in [0.25, 0.3) is 0 Å². The number of likely N-dealkylation sites (N-methyl/N-ethyl adjacent to an activating group) is 1. The van der Waals surface area contributed by atoms with Crippen molar-refractivity contribution in [3.8, 4) is 0 Å². The number of carbonyl (C=O) groups is 1. The van der Waals surface area contributed by atoms with Crippen molar-refractivity contribution in [2.75, 3.05) is 27.7 Å². The van der Waals surface area contributed by atoms with E-state index in [-0.39, 0.29) is 6.42 Å². The Morgan fingerprint density at radius 1 is 1.54 bits per heavy atom. The molecule has 5 nitrogen and oxygen atoms in total. The Morgan fingerprint density at radius 3 is 2.15 bits per heavy atom. The van der Waals surface area contributed by atoms with Gasteiger partial charge in [-0.3, -0.25) is 0 Å². The number of aliphatic hydroxyl groups is 1. The number of nitrogens with zero attached hydrogens (tertiary/aromatic N) is 1. The lowest BCUT2D eigenvalue weighted by Crippen LogP contribution is -2.43. The van der Waals surface area contributed by atoms with Crippen LogP contribution in [0.4, 0.5) is 0 Å². The largest absolute Gasteiger partial charge is 0.550 e. The number of halogens is 1. The van der Waals surface area contributed by atoms with Gasteiger partial charge in [0.15, 0.2) is 0 Å². The van der Waals surface area contributed by atoms with Crippen LogP contribution in [0.3, 0.4) is 0 Å². The number of rotatable bonds is 4. The van der Waals surface area contributed by atoms with Crippen molar-refractivity contribution in [1.82, 2.24) is 0 Å². The molecule has 0 aliphatic heterocycles. The van der Waals surface area contributed by atoms with Crippen LogP contribution in [0, 0.1) is 0 Å². The molecule has 0 amide bonds. The number of hydrogen-bond donors (Lipinski definition) is 2. The van der Waals surface area contributed by atoms with Gasteiger partial charge < -0.3 is 19.5 Å². The van der Waals surface area contributed by atoms with Crippen LogP contribution in [0.2, 0.25) is 0 Å². The molecule has 0 saturated heterocycles. The summed E-state index contributed by atoms with van der Waals surface area (Å²) in [5.41, 5.74) is 0. The van der Waals surface area contributed by atoms with Gasteiger partial charge in [-0.25, -0.2) is 5.25 Å². The second-order valence-electron chi connectivity index (χ2n) is 3.70. The highest BCUT2D eigenvalue weighted by Gasteiger charge is 2.14. The monoisotopic (exact) mass is 212 g/mol. The van der Waals surface area contributed by atoms with Crippen molar-refractivity contribution in [3.63, 3.8) is 0 Å². The quantitative estimate of drug-likeness (QED) is 0.429. The van der Waals surface area contributed by atoms with Crippen molar-refractivity contribution in [3.05, 3.63) is 0 Å². The summed E-state index contributed by atoms with van der Waals surface area (Å²) < 4.78 is 0.550. The molecule has 0 saturated carbocycles. The molecule has 0 aromatic heterocycles. The molecule has 0 aromatic carbocycles. The van der Waals surface area contributed by atoms with E-state index in [0.717, 1.165) is 0 Å². The van der Waals surface area contributed by atoms with Crippen molar-refractivity contribution in [2.45, 2.75) is 12.5 Å². The van der Waals surface area contributed by atoms with Crippen LogP contribution < -0.4 is 10.4 Å². The van der Waals surface area contributed by atoms with E-state index in [2.05, 4.69) is 17.0 Å². The summed E-state index contributed by atoms with van der Waals surface area (Å²) in [6, 6.07) is 0. The van der Waals surface area contributed by atoms with E-state index >= 15 is 0 Å². The highest BCUT2D eigenvalue weighted by molar-refractivity contribution is 6.11. The molecule has 1 unspecified atom stereocenters. The smallest absolute Gasteiger partial charge is 0.108 e. The molecule has 0 rings (SSSR count). The van der Waals surface area contributed by atoms with Gasteiger partial charge in [-0.1, -0.05) is 0 Å². The zero-order valence-corrected chi connectivity index (χ0v) is 8.91. The molecule has 13 heavy (non-hydrogen) atoms. The Kier molecular flexibility index (Phi) is 8.24. The summed E-state index contributed by atoms with van der Waals surface area (Å²) in [6.45, 7) is 0.425. The first-order chi connectivity index (χ1) is 5.81. The zero-order chi connectivity index (χ0) is 11.1. The fourth-order valence-corrected chi connectivity index (χ4v) is 0.889. The van der Waals surface area contributed by atoms with Gasteiger partial charge >= 0.3 is 0 Å². The molecule has 0 fully saturated rings. The molecule has 3 N–H and O–H groups in total. The van der Waals surface area contributed by atoms with E-state index in [9.17, 15) is 9.90 Å². The summed E-state index contributed by atoms with van der Waals surface area (Å²) >= 11 is 4.14. The fraction of sp³-hybridized carbons (Fsp3) is 0.857. The number of nitrogens with two attached hydrogens (primary N) is 1. The fourth-order valence-electron chi connectivity index (χ4n) is 0.889. The first-order valence-corrected chi connectivity index (χ1v) is 4.15. The minimum Gasteiger partial charge on any atom is -0.550 e. The van der Waals surface area contributed by atoms with Crippen molar-refractivity contribution in [2.24, 2.45) is 5.25 Å². The molecular formula is C7H17ClN2O3. The van der Waals surface area contributed by atoms with Gasteiger partial charge in [0.1, 0.15) is 12.6 Å². The third-order valence-corrected chi connectivity index (χ3v) is 1.16. The number of hydrogen-bond acceptors (Lipinski definition) is 4. The summed E-state index contributed by atoms with van der Waals surface area (Å²) in [5, 5.41) is 23.1. The number of carboxylic acids is 1. The maximum absolute atomic E-state index is 10.0. The topological polar surface area (TPSA) is 86.4 Å². The minimum atomic E-state index is -1.20. The average Bonchev–Trinajstić information content (AvgIpc) is 1.85. The Morgan fingerprint density at radius 2 is 1.92 bits per heavy atom. The predicted molar refractivity (Wildman–Crippen MR) is 48.6 cm³/mol. The first kappa shape index (κ1) is 15.1. The van der Waals surface area contributed by atoms with E-state index in [0.29, 0.717) is 11.0 Å². The van der Waals surface area contributed by atoms with Gasteiger partial charge in [-0.05, 0) is 11.8 Å². The molecule has 0 spiro atoms. The standard InChI is InChI=1S/C7H15NO3.ClH2N/c1-8(2,3)5-6(9)4-7(10)11;1-2/h6,9H,4-5H2,1-3H3;2H2. The van der Waals surface area contributed by atoms with E-state index in [1.54, 1.807) is 0 Å². The summed E-state index contributed by atoms with van der Waals surface area (Å²) in [4.78, 5) is 10.0. The third-order valence-electron chi connectivity index (χ3n) is 1.16. The lowest BCUT2D eigenvalue weighted by atomic mass is 10.2. The van der Waals surface area contributed by atoms with Crippen LogP contribution in [0.5, 0.6) is 0 Å². The lowest BCUT2D eigenvalue weighted by Gasteiger charge is -2.26. The molecule has 0 bridgehead atoms. The van der Waals surface area contributed by atoms with Gasteiger partial charge in [0, 0.05) is 12.4 Å². The molecule has 80 valence electrons. The number of aliphatic hydroxyl groups excluding tert-OH is 1. The van der Waals surface area contributed by atoms with Gasteiger partial charge in [0.2, 0.25) is 0 Å². The van der Waals surface area contributed by atoms with Crippen LogP contribution in [-0.2, 0) is 4.79 Å². The summed E-state index contributed by atoms with van der Waals surface area (Å²) in [6.07, 6.45) is -1.09. The molecule has 0 aromatic rings. The summed E-state index contributed by atoms with van der Waals surface area (Å²) in [7, 11) is 5.66. The highest BCUT2D eigenvalue weighted by atomic mass is 35.5. The van der Waals surface area contributed by atoms with Crippen LogP contribution >= 0.6 is 11.8 Å². The number of quaternary nitrogens is 1. The van der Waals surface area contributed by atoms with Crippen molar-refractivity contribution >= 4 is 17.7 Å². The molecule has 0 aliphatic rings. The zero-order valence-electron chi connectivity index (χ0n) is 8.16. The maximum atomic E-state index is 10.0. The first-order valence-electron chi connectivity index (χ1n) is 3.71. The number of carbonyl (C=O) groups excluding carboxylic acids is 1. The normalized spacial score (nSPS) is 12.8. The van der Waals surface area contributed by atoms with E-state index in [1.165, 1.54) is 0 Å². The van der Waals surface area contributed by atoms with E-state index in [4.69, 9.17) is 5.11 Å². The Labute approximate surface area is 83.4 Å². The second-order valence-corrected chi connectivity index (χ2v) is 3.70. The number of aliphatic carboxylic acids is 1. The van der Waals surface area contributed by atoms with E-state index in [1.807, 2.05) is 21.1 Å². The van der Waals surface area contributed by atoms with Crippen LogP contribution in [0.15, 0.2) is 0 Å². The summed E-state index contributed by atoms with van der Waals surface area (Å²) in [5.74, 6) is -1.20. The van der Waals surface area contributed by atoms with Crippen LogP contribution in [0.25, 0.3) is 0 Å². The van der Waals surface area contributed by atoms with Crippen molar-refractivity contribution in [1.29, 1.82) is 0 Å². The lowest BCUT2D eigenvalue weighted by molar-refractivity contribution is -0.873. The molecule has 0 aliphatic carbocycles. The van der Waals surface area contributed by atoms with E-state index < -0.39 is 12.1 Å². The van der Waals surface area contributed by atoms with Crippen LogP contribution in [0.1, 0.15) is 6.42 Å². The molecule has 0 heterocycles. The molecule has 6 heteroatoms. The third kappa shape index (κ3) is 14.5. The van der Waals surface area contributed by atoms with Gasteiger partial charge in [-0.2, -0.15) is 0 Å². The van der Waals surface area contributed by atoms with Gasteiger partial charge in [0.05, 0.1) is 21.1 Å². The van der Waals surface area contributed by atoms with Gasteiger partial charge in [-0.15, -0.1) is 0 Å². The Balaban J connectivity index is 0. The molecular weight excluding hydrogens is 196 g/mol. The maximum Gasteiger partial charge on any atom is 0.108 e. The highest BCUT2D eigenvalue weighted by Crippen LogP contribution is 1.97. The Hall–Kier alpha value is -0.360. The second kappa shape index (κ2) is 7.08. The van der Waals surface area contributed by atoms with Crippen LogP contribution in [-0.4, -0.2) is 49.4 Å². The predicted octanol–water partition coefficient (Wildman–Crippen LogP) is -1.71. The van der Waals surface area contributed by atoms with Crippen molar-refractivity contribution < 1.29 is 19.5 Å².